The molecule has 110 valence electrons. The van der Waals surface area contributed by atoms with Gasteiger partial charge in [0.25, 0.3) is 0 Å². The van der Waals surface area contributed by atoms with Gasteiger partial charge < -0.3 is 10.6 Å². The predicted molar refractivity (Wildman–Crippen MR) is 81.4 cm³/mol. The number of amides is 1. The fraction of sp³-hybridized carbons (Fsp3) is 0.562. The van der Waals surface area contributed by atoms with Crippen LogP contribution in [0.1, 0.15) is 19.4 Å². The molecule has 0 aromatic heterocycles. The molecular weight excluding hydrogens is 250 g/mol. The van der Waals surface area contributed by atoms with Crippen LogP contribution in [0.4, 0.5) is 0 Å². The van der Waals surface area contributed by atoms with Crippen molar-refractivity contribution in [2.75, 3.05) is 26.7 Å². The Morgan fingerprint density at radius 1 is 1.30 bits per heavy atom. The quantitative estimate of drug-likeness (QED) is 0.899. The van der Waals surface area contributed by atoms with E-state index in [9.17, 15) is 4.79 Å². The molecule has 1 atom stereocenters. The zero-order valence-corrected chi connectivity index (χ0v) is 12.7. The van der Waals surface area contributed by atoms with Crippen molar-refractivity contribution >= 4 is 5.91 Å². The number of likely N-dealkylation sites (N-methyl/N-ethyl adjacent to an activating group) is 1. The van der Waals surface area contributed by atoms with Crippen molar-refractivity contribution in [2.45, 2.75) is 31.8 Å². The molecule has 1 fully saturated rings. The maximum atomic E-state index is 12.5. The van der Waals surface area contributed by atoms with E-state index in [2.05, 4.69) is 25.8 Å². The molecule has 1 unspecified atom stereocenters. The van der Waals surface area contributed by atoms with E-state index in [0.29, 0.717) is 6.42 Å². The summed E-state index contributed by atoms with van der Waals surface area (Å²) in [4.78, 5) is 16.7. The third-order valence-corrected chi connectivity index (χ3v) is 4.24. The minimum atomic E-state index is -0.448. The summed E-state index contributed by atoms with van der Waals surface area (Å²) in [5.41, 5.74) is 7.23. The monoisotopic (exact) mass is 275 g/mol. The molecule has 0 aliphatic carbocycles. The lowest BCUT2D eigenvalue weighted by Crippen LogP contribution is -2.61. The molecule has 1 heterocycles. The molecule has 1 saturated heterocycles. The van der Waals surface area contributed by atoms with Crippen LogP contribution in [0.3, 0.4) is 0 Å². The van der Waals surface area contributed by atoms with Crippen LogP contribution in [0, 0.1) is 0 Å². The highest BCUT2D eigenvalue weighted by Gasteiger charge is 2.34. The molecule has 0 saturated carbocycles. The van der Waals surface area contributed by atoms with Gasteiger partial charge in [0, 0.05) is 25.2 Å². The van der Waals surface area contributed by atoms with Crippen molar-refractivity contribution in [1.29, 1.82) is 0 Å². The number of carbonyl (C=O) groups excluding carboxylic acids is 1. The van der Waals surface area contributed by atoms with Gasteiger partial charge in [0.2, 0.25) is 5.91 Å². The first-order valence-electron chi connectivity index (χ1n) is 7.20. The van der Waals surface area contributed by atoms with Crippen molar-refractivity contribution in [3.8, 4) is 0 Å². The number of hydrogen-bond acceptors (Lipinski definition) is 3. The molecule has 4 heteroatoms. The number of nitrogens with two attached hydrogens (primary N) is 1. The summed E-state index contributed by atoms with van der Waals surface area (Å²) in [5, 5.41) is 0. The Labute approximate surface area is 121 Å². The van der Waals surface area contributed by atoms with E-state index in [1.165, 1.54) is 0 Å². The fourth-order valence-corrected chi connectivity index (χ4v) is 2.62. The van der Waals surface area contributed by atoms with Crippen molar-refractivity contribution in [2.24, 2.45) is 5.73 Å². The van der Waals surface area contributed by atoms with Gasteiger partial charge in [-0.1, -0.05) is 30.3 Å². The summed E-state index contributed by atoms with van der Waals surface area (Å²) >= 11 is 0. The van der Waals surface area contributed by atoms with E-state index < -0.39 is 6.04 Å². The molecule has 1 amide bonds. The summed E-state index contributed by atoms with van der Waals surface area (Å²) in [5.74, 6) is 0.0648. The van der Waals surface area contributed by atoms with Crippen LogP contribution >= 0.6 is 0 Å². The van der Waals surface area contributed by atoms with Crippen LogP contribution in [-0.2, 0) is 11.2 Å². The van der Waals surface area contributed by atoms with Crippen molar-refractivity contribution in [3.05, 3.63) is 35.9 Å². The maximum absolute atomic E-state index is 12.5. The van der Waals surface area contributed by atoms with Gasteiger partial charge in [-0.15, -0.1) is 0 Å². The Balaban J connectivity index is 1.97. The second-order valence-corrected chi connectivity index (χ2v) is 6.29. The highest BCUT2D eigenvalue weighted by atomic mass is 16.2. The highest BCUT2D eigenvalue weighted by Crippen LogP contribution is 2.19. The van der Waals surface area contributed by atoms with E-state index in [1.807, 2.05) is 35.2 Å². The molecule has 0 spiro atoms. The number of rotatable bonds is 3. The first-order chi connectivity index (χ1) is 9.40. The number of benzene rings is 1. The van der Waals surface area contributed by atoms with Crippen molar-refractivity contribution in [3.63, 3.8) is 0 Å². The number of hydrogen-bond donors (Lipinski definition) is 1. The van der Waals surface area contributed by atoms with E-state index in [-0.39, 0.29) is 11.4 Å². The van der Waals surface area contributed by atoms with Crippen molar-refractivity contribution in [1.82, 2.24) is 9.80 Å². The van der Waals surface area contributed by atoms with Gasteiger partial charge in [0.15, 0.2) is 0 Å². The largest absolute Gasteiger partial charge is 0.338 e. The molecule has 20 heavy (non-hydrogen) atoms. The molecule has 1 aromatic carbocycles. The average Bonchev–Trinajstić information content (AvgIpc) is 2.42. The van der Waals surface area contributed by atoms with Crippen LogP contribution in [0.5, 0.6) is 0 Å². The van der Waals surface area contributed by atoms with Crippen LogP contribution in [-0.4, -0.2) is 54.0 Å². The SMILES string of the molecule is CN1CCN(C(=O)C(N)Cc2ccccc2)CC1(C)C. The van der Waals surface area contributed by atoms with Gasteiger partial charge in [-0.25, -0.2) is 0 Å². The number of nitrogens with zero attached hydrogens (tertiary/aromatic N) is 2. The molecule has 2 N–H and O–H groups in total. The number of carbonyl (C=O) groups is 1. The van der Waals surface area contributed by atoms with Gasteiger partial charge in [0.05, 0.1) is 6.04 Å². The Hall–Kier alpha value is -1.39. The van der Waals surface area contributed by atoms with Gasteiger partial charge in [-0.3, -0.25) is 9.69 Å². The normalized spacial score (nSPS) is 20.7. The maximum Gasteiger partial charge on any atom is 0.239 e. The minimum Gasteiger partial charge on any atom is -0.338 e. The minimum absolute atomic E-state index is 0.0143. The molecule has 1 aromatic rings. The van der Waals surface area contributed by atoms with Crippen LogP contribution in [0.2, 0.25) is 0 Å². The second-order valence-electron chi connectivity index (χ2n) is 6.29. The Bertz CT molecular complexity index is 458. The third-order valence-electron chi connectivity index (χ3n) is 4.24. The van der Waals surface area contributed by atoms with E-state index in [4.69, 9.17) is 5.73 Å². The van der Waals surface area contributed by atoms with E-state index in [0.717, 1.165) is 25.2 Å². The molecule has 1 aliphatic rings. The summed E-state index contributed by atoms with van der Waals surface area (Å²) in [6.07, 6.45) is 0.604. The molecular formula is C16H25N3O. The Morgan fingerprint density at radius 3 is 2.55 bits per heavy atom. The molecule has 0 radical (unpaired) electrons. The first-order valence-corrected chi connectivity index (χ1v) is 7.20. The van der Waals surface area contributed by atoms with Crippen LogP contribution in [0.15, 0.2) is 30.3 Å². The molecule has 1 aliphatic heterocycles. The zero-order chi connectivity index (χ0) is 14.8. The van der Waals surface area contributed by atoms with E-state index >= 15 is 0 Å². The molecule has 4 nitrogen and oxygen atoms in total. The van der Waals surface area contributed by atoms with Gasteiger partial charge in [0.1, 0.15) is 0 Å². The van der Waals surface area contributed by atoms with Crippen LogP contribution < -0.4 is 5.73 Å². The lowest BCUT2D eigenvalue weighted by atomic mass is 9.98. The standard InChI is InChI=1S/C16H25N3O/c1-16(2)12-19(10-9-18(16)3)15(20)14(17)11-13-7-5-4-6-8-13/h4-8,14H,9-12,17H2,1-3H3. The first kappa shape index (κ1) is 15.0. The highest BCUT2D eigenvalue weighted by molar-refractivity contribution is 5.82. The predicted octanol–water partition coefficient (Wildman–Crippen LogP) is 1.11. The summed E-state index contributed by atoms with van der Waals surface area (Å²) in [6, 6.07) is 9.51. The van der Waals surface area contributed by atoms with Gasteiger partial charge in [-0.05, 0) is 32.9 Å². The Kier molecular flexibility index (Phi) is 4.45. The fourth-order valence-electron chi connectivity index (χ4n) is 2.62. The topological polar surface area (TPSA) is 49.6 Å². The Morgan fingerprint density at radius 2 is 1.95 bits per heavy atom. The second kappa shape index (κ2) is 5.94. The summed E-state index contributed by atoms with van der Waals surface area (Å²) in [6.45, 7) is 6.73. The molecule has 2 rings (SSSR count). The lowest BCUT2D eigenvalue weighted by Gasteiger charge is -2.45. The lowest BCUT2D eigenvalue weighted by molar-refractivity contribution is -0.137. The smallest absolute Gasteiger partial charge is 0.239 e. The van der Waals surface area contributed by atoms with Gasteiger partial charge in [-0.2, -0.15) is 0 Å². The van der Waals surface area contributed by atoms with Crippen LogP contribution in [0.25, 0.3) is 0 Å². The number of piperazine rings is 1. The van der Waals surface area contributed by atoms with Crippen molar-refractivity contribution < 1.29 is 4.79 Å². The average molecular weight is 275 g/mol. The summed E-state index contributed by atoms with van der Waals surface area (Å²) < 4.78 is 0. The van der Waals surface area contributed by atoms with E-state index in [1.54, 1.807) is 0 Å². The zero-order valence-electron chi connectivity index (χ0n) is 12.7. The molecule has 0 bridgehead atoms. The van der Waals surface area contributed by atoms with Gasteiger partial charge >= 0.3 is 0 Å². The third kappa shape index (κ3) is 3.38. The summed E-state index contributed by atoms with van der Waals surface area (Å²) in [7, 11) is 2.10.